The lowest BCUT2D eigenvalue weighted by Gasteiger charge is -2.55. The van der Waals surface area contributed by atoms with Crippen LogP contribution in [0.1, 0.15) is 20.3 Å². The molecule has 1 rings (SSSR count). The molecule has 1 saturated heterocycles. The fraction of sp³-hybridized carbons (Fsp3) is 0.923. The Hall–Kier alpha value is -1.52. The summed E-state index contributed by atoms with van der Waals surface area (Å²) < 4.78 is 180. The number of hydrogen-bond donors (Lipinski definition) is 1. The predicted octanol–water partition coefficient (Wildman–Crippen LogP) is 4.36. The molecule has 0 aliphatic carbocycles. The first-order valence-electron chi connectivity index (χ1n) is 7.54. The highest BCUT2D eigenvalue weighted by molar-refractivity contribution is 5.72. The van der Waals surface area contributed by atoms with Crippen molar-refractivity contribution in [2.45, 2.75) is 68.1 Å². The molecule has 0 bridgehead atoms. The molecule has 0 amide bonds. The highest BCUT2D eigenvalue weighted by Gasteiger charge is 2.98. The molecule has 4 unspecified atom stereocenters. The van der Waals surface area contributed by atoms with Crippen molar-refractivity contribution in [3.8, 4) is 0 Å². The smallest absolute Gasteiger partial charge is 0.418 e. The van der Waals surface area contributed by atoms with E-state index in [1.165, 1.54) is 0 Å². The first-order chi connectivity index (χ1) is 13.0. The van der Waals surface area contributed by atoms with Gasteiger partial charge in [-0.1, -0.05) is 13.8 Å². The van der Waals surface area contributed by atoms with Crippen LogP contribution in [0.5, 0.6) is 0 Å². The van der Waals surface area contributed by atoms with Gasteiger partial charge in [0.05, 0.1) is 5.92 Å². The topological polar surface area (TPSA) is 55.8 Å². The lowest BCUT2D eigenvalue weighted by molar-refractivity contribution is -0.555. The molecule has 30 heavy (non-hydrogen) atoms. The zero-order valence-corrected chi connectivity index (χ0v) is 14.4. The summed E-state index contributed by atoms with van der Waals surface area (Å²) in [5.41, 5.74) is -7.31. The minimum atomic E-state index is -7.49. The van der Waals surface area contributed by atoms with E-state index in [1.54, 1.807) is 0 Å². The number of alkyl halides is 13. The molecule has 178 valence electrons. The zero-order valence-electron chi connectivity index (χ0n) is 14.4. The number of ether oxygens (including phenoxy) is 2. The highest BCUT2D eigenvalue weighted by Crippen LogP contribution is 2.66. The Bertz CT molecular complexity index is 667. The number of halogens is 13. The Labute approximate surface area is 157 Å². The van der Waals surface area contributed by atoms with Gasteiger partial charge in [0.15, 0.2) is 0 Å². The monoisotopic (exact) mass is 478 g/mol. The van der Waals surface area contributed by atoms with Gasteiger partial charge in [-0.25, -0.2) is 0 Å². The fourth-order valence-electron chi connectivity index (χ4n) is 2.39. The Morgan fingerprint density at radius 3 is 1.73 bits per heavy atom. The largest absolute Gasteiger partial charge is 0.462 e. The van der Waals surface area contributed by atoms with Crippen molar-refractivity contribution in [3.05, 3.63) is 0 Å². The Balaban J connectivity index is 4.04. The molecule has 1 N–H and O–H groups in total. The van der Waals surface area contributed by atoms with Gasteiger partial charge in [-0.3, -0.25) is 4.79 Å². The Morgan fingerprint density at radius 2 is 1.43 bits per heavy atom. The Kier molecular flexibility index (Phi) is 6.18. The third-order valence-electron chi connectivity index (χ3n) is 4.30. The maximum atomic E-state index is 14.4. The number of carbonyl (C=O) groups excluding carboxylic acids is 1. The average molecular weight is 478 g/mol. The molecule has 0 aromatic heterocycles. The molecule has 17 heteroatoms. The lowest BCUT2D eigenvalue weighted by Crippen LogP contribution is -2.87. The van der Waals surface area contributed by atoms with Crippen LogP contribution in [0.25, 0.3) is 0 Å². The second kappa shape index (κ2) is 7.00. The maximum absolute atomic E-state index is 14.4. The van der Waals surface area contributed by atoms with Crippen LogP contribution in [0.4, 0.5) is 57.1 Å². The molecule has 0 aromatic rings. The molecule has 1 aliphatic heterocycles. The van der Waals surface area contributed by atoms with E-state index in [0.29, 0.717) is 6.92 Å². The fourth-order valence-corrected chi connectivity index (χ4v) is 2.39. The van der Waals surface area contributed by atoms with E-state index in [1.807, 2.05) is 0 Å². The normalized spacial score (nSPS) is 33.1. The predicted molar refractivity (Wildman–Crippen MR) is 66.2 cm³/mol. The van der Waals surface area contributed by atoms with Crippen LogP contribution in [-0.4, -0.2) is 58.9 Å². The summed E-state index contributed by atoms with van der Waals surface area (Å²) in [6.07, 6.45) is -27.6. The third kappa shape index (κ3) is 3.36. The van der Waals surface area contributed by atoms with Gasteiger partial charge in [-0.2, -0.15) is 57.1 Å². The second-order valence-electron chi connectivity index (χ2n) is 6.29. The molecule has 0 aromatic carbocycles. The van der Waals surface area contributed by atoms with Crippen LogP contribution < -0.4 is 0 Å². The molecule has 1 fully saturated rings. The summed E-state index contributed by atoms with van der Waals surface area (Å²) in [7, 11) is 0. The minimum absolute atomic E-state index is 0.513. The van der Waals surface area contributed by atoms with Gasteiger partial charge in [0.1, 0.15) is 0 Å². The molecular formula is C13H11F13O4. The molecule has 0 spiro atoms. The summed E-state index contributed by atoms with van der Waals surface area (Å²) >= 11 is 0. The summed E-state index contributed by atoms with van der Waals surface area (Å²) in [5, 5.41) is 9.11. The number of hydrogen-bond acceptors (Lipinski definition) is 4. The molecule has 1 heterocycles. The van der Waals surface area contributed by atoms with Gasteiger partial charge in [0, 0.05) is 0 Å². The van der Waals surface area contributed by atoms with Crippen molar-refractivity contribution in [2.24, 2.45) is 5.92 Å². The summed E-state index contributed by atoms with van der Waals surface area (Å²) in [6, 6.07) is 0. The van der Waals surface area contributed by atoms with Crippen LogP contribution >= 0.6 is 0 Å². The Morgan fingerprint density at radius 1 is 1.00 bits per heavy atom. The van der Waals surface area contributed by atoms with Gasteiger partial charge in [-0.15, -0.1) is 0 Å². The first kappa shape index (κ1) is 26.5. The van der Waals surface area contributed by atoms with Crippen molar-refractivity contribution in [2.75, 3.05) is 0 Å². The van der Waals surface area contributed by atoms with Gasteiger partial charge >= 0.3 is 42.1 Å². The number of carbonyl (C=O) groups is 1. The molecule has 4 nitrogen and oxygen atoms in total. The van der Waals surface area contributed by atoms with E-state index in [0.717, 1.165) is 6.92 Å². The molecule has 1 aliphatic rings. The van der Waals surface area contributed by atoms with Crippen molar-refractivity contribution in [1.29, 1.82) is 0 Å². The van der Waals surface area contributed by atoms with Crippen molar-refractivity contribution in [1.82, 2.24) is 0 Å². The quantitative estimate of drug-likeness (QED) is 0.484. The van der Waals surface area contributed by atoms with Crippen LogP contribution in [0, 0.1) is 5.92 Å². The van der Waals surface area contributed by atoms with E-state index in [9.17, 15) is 61.9 Å². The highest BCUT2D eigenvalue weighted by atomic mass is 19.4. The maximum Gasteiger partial charge on any atom is 0.462 e. The van der Waals surface area contributed by atoms with Crippen LogP contribution in [0.3, 0.4) is 0 Å². The summed E-state index contributed by atoms with van der Waals surface area (Å²) in [6.45, 7) is 1.71. The van der Waals surface area contributed by atoms with Gasteiger partial charge < -0.3 is 14.6 Å². The van der Waals surface area contributed by atoms with Crippen LogP contribution in [0.15, 0.2) is 0 Å². The number of esters is 1. The number of aliphatic hydroxyl groups is 1. The minimum Gasteiger partial charge on any atom is -0.418 e. The average Bonchev–Trinajstić information content (AvgIpc) is 2.51. The SMILES string of the molecule is CCC(C)C(=O)OC1(C(F)(F)F)OC(C(F)(F)F)C(F)(F)C(O)(C(F)(F)F)C1(F)F. The van der Waals surface area contributed by atoms with Crippen LogP contribution in [-0.2, 0) is 14.3 Å². The first-order valence-corrected chi connectivity index (χ1v) is 7.54. The van der Waals surface area contributed by atoms with E-state index in [-0.39, 0.29) is 0 Å². The summed E-state index contributed by atoms with van der Waals surface area (Å²) in [5.74, 6) is -25.3. The zero-order chi connectivity index (χ0) is 24.4. The van der Waals surface area contributed by atoms with Crippen LogP contribution in [0.2, 0.25) is 0 Å². The van der Waals surface area contributed by atoms with E-state index in [4.69, 9.17) is 5.11 Å². The van der Waals surface area contributed by atoms with Crippen molar-refractivity contribution in [3.63, 3.8) is 0 Å². The van der Waals surface area contributed by atoms with Crippen molar-refractivity contribution >= 4 is 5.97 Å². The number of rotatable bonds is 3. The lowest BCUT2D eigenvalue weighted by atomic mass is 9.76. The van der Waals surface area contributed by atoms with E-state index >= 15 is 0 Å². The van der Waals surface area contributed by atoms with Gasteiger partial charge in [0.2, 0.25) is 6.10 Å². The van der Waals surface area contributed by atoms with Gasteiger partial charge in [0.25, 0.3) is 5.60 Å². The molecule has 0 radical (unpaired) electrons. The van der Waals surface area contributed by atoms with E-state index < -0.39 is 66.2 Å². The standard InChI is InChI=1S/C13H11F13O4/c1-3-4(2)5(27)29-11(13(24,25)26)10(19,20)9(28,12(21,22)23)7(14,15)6(30-11)8(16,17)18/h4,6,28H,3H2,1-2H3. The van der Waals surface area contributed by atoms with Crippen molar-refractivity contribution < 1.29 is 76.5 Å². The summed E-state index contributed by atoms with van der Waals surface area (Å²) in [4.78, 5) is 11.6. The third-order valence-corrected chi connectivity index (χ3v) is 4.30. The second-order valence-corrected chi connectivity index (χ2v) is 6.29. The molecule has 0 saturated carbocycles. The van der Waals surface area contributed by atoms with Gasteiger partial charge in [-0.05, 0) is 6.42 Å². The molecular weight excluding hydrogens is 467 g/mol. The van der Waals surface area contributed by atoms with E-state index in [2.05, 4.69) is 9.47 Å². The molecule has 4 atom stereocenters.